The molecule has 0 fully saturated rings. The van der Waals surface area contributed by atoms with Crippen molar-refractivity contribution in [3.63, 3.8) is 0 Å². The first-order chi connectivity index (χ1) is 13.5. The summed E-state index contributed by atoms with van der Waals surface area (Å²) in [7, 11) is 1.34. The fourth-order valence-corrected chi connectivity index (χ4v) is 3.04. The first-order valence-electron chi connectivity index (χ1n) is 9.40. The number of nitrogens with one attached hydrogen (secondary N) is 1. The Morgan fingerprint density at radius 1 is 1.17 bits per heavy atom. The molecule has 5 nitrogen and oxygen atoms in total. The summed E-state index contributed by atoms with van der Waals surface area (Å²) in [5.74, 6) is 0.248. The maximum Gasteiger partial charge on any atom is 0.343 e. The zero-order valence-corrected chi connectivity index (χ0v) is 18.6. The molecule has 0 aliphatic heterocycles. The topological polar surface area (TPSA) is 56.8 Å². The van der Waals surface area contributed by atoms with Crippen LogP contribution in [0.2, 0.25) is 5.02 Å². The summed E-state index contributed by atoms with van der Waals surface area (Å²) in [5, 5.41) is 4.25. The van der Waals surface area contributed by atoms with E-state index in [2.05, 4.69) is 17.0 Å². The van der Waals surface area contributed by atoms with E-state index in [-0.39, 0.29) is 31.2 Å². The number of rotatable bonds is 11. The van der Waals surface area contributed by atoms with Crippen molar-refractivity contribution in [1.82, 2.24) is 5.32 Å². The maximum absolute atomic E-state index is 11.1. The van der Waals surface area contributed by atoms with Gasteiger partial charge in [-0.15, -0.1) is 12.4 Å². The Hall–Kier alpha value is -1.79. The molecular weight excluding hydrogens is 413 g/mol. The molecule has 0 aromatic heterocycles. The second-order valence-electron chi connectivity index (χ2n) is 6.52. The van der Waals surface area contributed by atoms with Crippen LogP contribution in [0.4, 0.5) is 0 Å². The molecule has 2 unspecified atom stereocenters. The molecule has 0 aliphatic carbocycles. The molecule has 0 saturated heterocycles. The average Bonchev–Trinajstić information content (AvgIpc) is 2.70. The minimum atomic E-state index is -0.398. The number of methoxy groups -OCH3 is 1. The highest BCUT2D eigenvalue weighted by atomic mass is 35.5. The standard InChI is InChI=1S/C22H28ClNO4.ClH/c1-4-27-21(18-6-5-7-19(23)13-18)14-24-16(2)12-17-8-10-20(11-9-17)28-15-22(25)26-3;/h5-11,13,16,21,24H,4,12,14-15H2,1-3H3;1H. The van der Waals surface area contributed by atoms with Gasteiger partial charge in [0.15, 0.2) is 6.61 Å². The second-order valence-corrected chi connectivity index (χ2v) is 6.96. The quantitative estimate of drug-likeness (QED) is 0.515. The van der Waals surface area contributed by atoms with Crippen molar-refractivity contribution in [2.24, 2.45) is 0 Å². The summed E-state index contributed by atoms with van der Waals surface area (Å²) in [6.45, 7) is 5.39. The lowest BCUT2D eigenvalue weighted by atomic mass is 10.1. The van der Waals surface area contributed by atoms with Gasteiger partial charge in [-0.2, -0.15) is 0 Å². The van der Waals surface area contributed by atoms with Crippen molar-refractivity contribution < 1.29 is 19.0 Å². The lowest BCUT2D eigenvalue weighted by Gasteiger charge is -2.21. The van der Waals surface area contributed by atoms with Gasteiger partial charge in [0.25, 0.3) is 0 Å². The molecule has 29 heavy (non-hydrogen) atoms. The molecule has 0 saturated carbocycles. The molecule has 2 rings (SSSR count). The summed E-state index contributed by atoms with van der Waals surface area (Å²) in [5.41, 5.74) is 2.25. The molecular formula is C22H29Cl2NO4. The smallest absolute Gasteiger partial charge is 0.343 e. The van der Waals surface area contributed by atoms with Crippen molar-refractivity contribution in [2.75, 3.05) is 26.9 Å². The lowest BCUT2D eigenvalue weighted by Crippen LogP contribution is -2.33. The van der Waals surface area contributed by atoms with Gasteiger partial charge >= 0.3 is 5.97 Å². The minimum Gasteiger partial charge on any atom is -0.482 e. The Morgan fingerprint density at radius 2 is 1.90 bits per heavy atom. The summed E-state index contributed by atoms with van der Waals surface area (Å²) < 4.78 is 15.8. The van der Waals surface area contributed by atoms with Gasteiger partial charge in [0.1, 0.15) is 5.75 Å². The molecule has 7 heteroatoms. The van der Waals surface area contributed by atoms with Gasteiger partial charge in [-0.1, -0.05) is 35.9 Å². The molecule has 0 bridgehead atoms. The fourth-order valence-electron chi connectivity index (χ4n) is 2.84. The van der Waals surface area contributed by atoms with E-state index in [0.717, 1.165) is 12.0 Å². The normalized spacial score (nSPS) is 12.6. The fraction of sp³-hybridized carbons (Fsp3) is 0.409. The number of carbonyl (C=O) groups is 1. The van der Waals surface area contributed by atoms with Gasteiger partial charge < -0.3 is 19.5 Å². The number of esters is 1. The Morgan fingerprint density at radius 3 is 2.52 bits per heavy atom. The van der Waals surface area contributed by atoms with E-state index >= 15 is 0 Å². The van der Waals surface area contributed by atoms with Crippen molar-refractivity contribution in [3.8, 4) is 5.75 Å². The van der Waals surface area contributed by atoms with E-state index in [9.17, 15) is 4.79 Å². The monoisotopic (exact) mass is 441 g/mol. The summed E-state index contributed by atoms with van der Waals surface area (Å²) in [4.78, 5) is 11.1. The molecule has 2 aromatic carbocycles. The van der Waals surface area contributed by atoms with Crippen molar-refractivity contribution >= 4 is 30.0 Å². The van der Waals surface area contributed by atoms with Gasteiger partial charge in [-0.25, -0.2) is 4.79 Å². The van der Waals surface area contributed by atoms with Gasteiger partial charge in [0, 0.05) is 24.2 Å². The van der Waals surface area contributed by atoms with Crippen LogP contribution in [0.15, 0.2) is 48.5 Å². The van der Waals surface area contributed by atoms with Crippen molar-refractivity contribution in [1.29, 1.82) is 0 Å². The molecule has 160 valence electrons. The van der Waals surface area contributed by atoms with Gasteiger partial charge in [-0.3, -0.25) is 0 Å². The summed E-state index contributed by atoms with van der Waals surface area (Å²) in [6, 6.07) is 15.8. The molecule has 0 spiro atoms. The van der Waals surface area contributed by atoms with E-state index in [4.69, 9.17) is 21.1 Å². The second kappa shape index (κ2) is 13.4. The third-order valence-corrected chi connectivity index (χ3v) is 4.52. The highest BCUT2D eigenvalue weighted by molar-refractivity contribution is 6.30. The largest absolute Gasteiger partial charge is 0.482 e. The molecule has 2 atom stereocenters. The van der Waals surface area contributed by atoms with Crippen LogP contribution >= 0.6 is 24.0 Å². The SMILES string of the molecule is CCOC(CNC(C)Cc1ccc(OCC(=O)OC)cc1)c1cccc(Cl)c1.Cl. The third kappa shape index (κ3) is 9.05. The number of benzene rings is 2. The molecule has 0 aliphatic rings. The van der Waals surface area contributed by atoms with E-state index in [1.54, 1.807) is 0 Å². The van der Waals surface area contributed by atoms with Crippen LogP contribution in [0.5, 0.6) is 5.75 Å². The van der Waals surface area contributed by atoms with Gasteiger partial charge in [0.2, 0.25) is 0 Å². The first-order valence-corrected chi connectivity index (χ1v) is 9.78. The van der Waals surface area contributed by atoms with E-state index in [1.807, 2.05) is 55.5 Å². The average molecular weight is 442 g/mol. The van der Waals surface area contributed by atoms with E-state index in [1.165, 1.54) is 12.7 Å². The Labute approximate surface area is 184 Å². The Kier molecular flexibility index (Phi) is 11.7. The molecule has 0 amide bonds. The Bertz CT molecular complexity index is 740. The first kappa shape index (κ1) is 25.2. The van der Waals surface area contributed by atoms with Gasteiger partial charge in [0.05, 0.1) is 13.2 Å². The molecule has 0 radical (unpaired) electrons. The van der Waals surface area contributed by atoms with Gasteiger partial charge in [-0.05, 0) is 55.7 Å². The summed E-state index contributed by atoms with van der Waals surface area (Å²) in [6.07, 6.45) is 0.825. The molecule has 0 heterocycles. The number of halogens is 2. The predicted molar refractivity (Wildman–Crippen MR) is 118 cm³/mol. The van der Waals surface area contributed by atoms with Crippen LogP contribution < -0.4 is 10.1 Å². The van der Waals surface area contributed by atoms with Crippen LogP contribution in [0.3, 0.4) is 0 Å². The number of hydrogen-bond donors (Lipinski definition) is 1. The minimum absolute atomic E-state index is 0. The maximum atomic E-state index is 11.1. The molecule has 2 aromatic rings. The number of ether oxygens (including phenoxy) is 3. The van der Waals surface area contributed by atoms with E-state index < -0.39 is 5.97 Å². The van der Waals surface area contributed by atoms with Crippen LogP contribution in [0, 0.1) is 0 Å². The number of hydrogen-bond acceptors (Lipinski definition) is 5. The van der Waals surface area contributed by atoms with Crippen LogP contribution in [-0.4, -0.2) is 38.9 Å². The zero-order valence-electron chi connectivity index (χ0n) is 17.0. The van der Waals surface area contributed by atoms with E-state index in [0.29, 0.717) is 23.9 Å². The van der Waals surface area contributed by atoms with Crippen LogP contribution in [0.25, 0.3) is 0 Å². The predicted octanol–water partition coefficient (Wildman–Crippen LogP) is 4.61. The summed E-state index contributed by atoms with van der Waals surface area (Å²) >= 11 is 6.11. The van der Waals surface area contributed by atoms with Crippen molar-refractivity contribution in [2.45, 2.75) is 32.4 Å². The highest BCUT2D eigenvalue weighted by Crippen LogP contribution is 2.21. The molecule has 1 N–H and O–H groups in total. The Balaban J connectivity index is 0.00000420. The van der Waals surface area contributed by atoms with Crippen LogP contribution in [-0.2, 0) is 20.7 Å². The lowest BCUT2D eigenvalue weighted by molar-refractivity contribution is -0.142. The highest BCUT2D eigenvalue weighted by Gasteiger charge is 2.14. The zero-order chi connectivity index (χ0) is 20.4. The third-order valence-electron chi connectivity index (χ3n) is 4.29. The van der Waals surface area contributed by atoms with Crippen LogP contribution in [0.1, 0.15) is 31.1 Å². The number of carbonyl (C=O) groups excluding carboxylic acids is 1. The van der Waals surface area contributed by atoms with Crippen molar-refractivity contribution in [3.05, 3.63) is 64.7 Å².